The van der Waals surface area contributed by atoms with E-state index in [0.29, 0.717) is 12.1 Å². The van der Waals surface area contributed by atoms with E-state index in [1.807, 2.05) is 18.5 Å². The predicted molar refractivity (Wildman–Crippen MR) is 56.3 cm³/mol. The van der Waals surface area contributed by atoms with Crippen molar-refractivity contribution < 1.29 is 14.7 Å². The van der Waals surface area contributed by atoms with Gasteiger partial charge in [-0.05, 0) is 13.8 Å². The highest BCUT2D eigenvalue weighted by molar-refractivity contribution is 6.04. The van der Waals surface area contributed by atoms with Gasteiger partial charge in [-0.2, -0.15) is 5.10 Å². The molecule has 1 N–H and O–H groups in total. The SMILES string of the molecule is CCn1ncc(C2=NOC(C(=O)O)C2)c1C. The van der Waals surface area contributed by atoms with Crippen LogP contribution in [0.15, 0.2) is 11.4 Å². The highest BCUT2D eigenvalue weighted by atomic mass is 16.7. The summed E-state index contributed by atoms with van der Waals surface area (Å²) in [5.74, 6) is -0.987. The quantitative estimate of drug-likeness (QED) is 0.821. The molecule has 2 rings (SSSR count). The average molecular weight is 223 g/mol. The molecule has 0 saturated heterocycles. The molecule has 1 aromatic heterocycles. The molecule has 2 heterocycles. The van der Waals surface area contributed by atoms with Gasteiger partial charge in [-0.15, -0.1) is 0 Å². The third-order valence-electron chi connectivity index (χ3n) is 2.66. The van der Waals surface area contributed by atoms with E-state index in [2.05, 4.69) is 10.3 Å². The molecule has 1 aliphatic rings. The molecule has 0 bridgehead atoms. The van der Waals surface area contributed by atoms with E-state index in [1.165, 1.54) is 0 Å². The van der Waals surface area contributed by atoms with Gasteiger partial charge in [-0.1, -0.05) is 5.16 Å². The number of rotatable bonds is 3. The standard InChI is InChI=1S/C10H13N3O3/c1-3-13-6(2)7(5-11-13)8-4-9(10(14)15)16-12-8/h5,9H,3-4H2,1-2H3,(H,14,15). The Morgan fingerprint density at radius 2 is 2.50 bits per heavy atom. The zero-order chi connectivity index (χ0) is 11.7. The van der Waals surface area contributed by atoms with E-state index < -0.39 is 12.1 Å². The lowest BCUT2D eigenvalue weighted by molar-refractivity contribution is -0.148. The Kier molecular flexibility index (Phi) is 2.64. The first-order valence-corrected chi connectivity index (χ1v) is 5.11. The maximum atomic E-state index is 10.7. The van der Waals surface area contributed by atoms with Gasteiger partial charge in [0.1, 0.15) is 0 Å². The summed E-state index contributed by atoms with van der Waals surface area (Å²) < 4.78 is 1.84. The van der Waals surface area contributed by atoms with Crippen molar-refractivity contribution in [1.29, 1.82) is 0 Å². The van der Waals surface area contributed by atoms with Gasteiger partial charge in [0, 0.05) is 24.2 Å². The number of hydrogen-bond acceptors (Lipinski definition) is 4. The van der Waals surface area contributed by atoms with Crippen LogP contribution < -0.4 is 0 Å². The summed E-state index contributed by atoms with van der Waals surface area (Å²) in [6.07, 6.45) is 1.14. The Bertz CT molecular complexity index is 450. The molecule has 1 unspecified atom stereocenters. The van der Waals surface area contributed by atoms with Crippen molar-refractivity contribution in [1.82, 2.24) is 9.78 Å². The molecule has 0 saturated carbocycles. The summed E-state index contributed by atoms with van der Waals surface area (Å²) in [4.78, 5) is 15.5. The second kappa shape index (κ2) is 3.96. The zero-order valence-corrected chi connectivity index (χ0v) is 9.17. The number of aliphatic carboxylic acids is 1. The monoisotopic (exact) mass is 223 g/mol. The number of carbonyl (C=O) groups is 1. The van der Waals surface area contributed by atoms with Gasteiger partial charge in [-0.3, -0.25) is 4.68 Å². The van der Waals surface area contributed by atoms with Crippen molar-refractivity contribution >= 4 is 11.7 Å². The van der Waals surface area contributed by atoms with Crippen molar-refractivity contribution in [3.63, 3.8) is 0 Å². The van der Waals surface area contributed by atoms with Crippen LogP contribution in [0, 0.1) is 6.92 Å². The summed E-state index contributed by atoms with van der Waals surface area (Å²) in [6.45, 7) is 4.71. The normalized spacial score (nSPS) is 19.4. The maximum absolute atomic E-state index is 10.7. The summed E-state index contributed by atoms with van der Waals surface area (Å²) in [5, 5.41) is 16.8. The first-order valence-electron chi connectivity index (χ1n) is 5.11. The molecule has 6 heteroatoms. The van der Waals surface area contributed by atoms with Crippen LogP contribution in [0.4, 0.5) is 0 Å². The minimum absolute atomic E-state index is 0.297. The third kappa shape index (κ3) is 1.66. The Balaban J connectivity index is 2.20. The Morgan fingerprint density at radius 1 is 1.75 bits per heavy atom. The van der Waals surface area contributed by atoms with Crippen LogP contribution in [0.2, 0.25) is 0 Å². The molecule has 0 aromatic carbocycles. The minimum atomic E-state index is -0.987. The van der Waals surface area contributed by atoms with Crippen LogP contribution in [0.5, 0.6) is 0 Å². The third-order valence-corrected chi connectivity index (χ3v) is 2.66. The van der Waals surface area contributed by atoms with Crippen LogP contribution in [-0.2, 0) is 16.2 Å². The molecule has 6 nitrogen and oxygen atoms in total. The largest absolute Gasteiger partial charge is 0.478 e. The molecular weight excluding hydrogens is 210 g/mol. The Morgan fingerprint density at radius 3 is 3.00 bits per heavy atom. The fourth-order valence-electron chi connectivity index (χ4n) is 1.72. The van der Waals surface area contributed by atoms with Gasteiger partial charge in [0.2, 0.25) is 6.10 Å². The molecule has 0 aliphatic carbocycles. The molecular formula is C10H13N3O3. The number of aromatic nitrogens is 2. The fourth-order valence-corrected chi connectivity index (χ4v) is 1.72. The van der Waals surface area contributed by atoms with E-state index >= 15 is 0 Å². The number of carboxylic acids is 1. The molecule has 1 atom stereocenters. The van der Waals surface area contributed by atoms with E-state index in [1.54, 1.807) is 6.20 Å². The predicted octanol–water partition coefficient (Wildman–Crippen LogP) is 0.789. The topological polar surface area (TPSA) is 76.7 Å². The lowest BCUT2D eigenvalue weighted by Crippen LogP contribution is -2.20. The van der Waals surface area contributed by atoms with Crippen molar-refractivity contribution in [2.45, 2.75) is 32.9 Å². The van der Waals surface area contributed by atoms with Crippen LogP contribution >= 0.6 is 0 Å². The number of oxime groups is 1. The average Bonchev–Trinajstić information content (AvgIpc) is 2.83. The van der Waals surface area contributed by atoms with Gasteiger partial charge in [-0.25, -0.2) is 4.79 Å². The smallest absolute Gasteiger partial charge is 0.348 e. The van der Waals surface area contributed by atoms with Crippen molar-refractivity contribution in [3.8, 4) is 0 Å². The molecule has 0 radical (unpaired) electrons. The maximum Gasteiger partial charge on any atom is 0.348 e. The van der Waals surface area contributed by atoms with Gasteiger partial charge in [0.15, 0.2) is 0 Å². The highest BCUT2D eigenvalue weighted by Crippen LogP contribution is 2.19. The van der Waals surface area contributed by atoms with E-state index in [-0.39, 0.29) is 0 Å². The highest BCUT2D eigenvalue weighted by Gasteiger charge is 2.29. The molecule has 16 heavy (non-hydrogen) atoms. The Labute approximate surface area is 92.5 Å². The lowest BCUT2D eigenvalue weighted by Gasteiger charge is -2.01. The molecule has 1 aromatic rings. The zero-order valence-electron chi connectivity index (χ0n) is 9.17. The summed E-state index contributed by atoms with van der Waals surface area (Å²) in [6, 6.07) is 0. The van der Waals surface area contributed by atoms with Crippen LogP contribution in [0.1, 0.15) is 24.6 Å². The van der Waals surface area contributed by atoms with Gasteiger partial charge < -0.3 is 9.94 Å². The lowest BCUT2D eigenvalue weighted by atomic mass is 10.1. The van der Waals surface area contributed by atoms with Crippen LogP contribution in [-0.4, -0.2) is 32.7 Å². The van der Waals surface area contributed by atoms with Crippen LogP contribution in [0.25, 0.3) is 0 Å². The summed E-state index contributed by atoms with van der Waals surface area (Å²) in [5.41, 5.74) is 2.51. The number of hydrogen-bond donors (Lipinski definition) is 1. The second-order valence-corrected chi connectivity index (χ2v) is 3.63. The molecule has 0 amide bonds. The van der Waals surface area contributed by atoms with E-state index in [9.17, 15) is 4.79 Å². The molecule has 0 spiro atoms. The Hall–Kier alpha value is -1.85. The number of aryl methyl sites for hydroxylation is 1. The van der Waals surface area contributed by atoms with Crippen LogP contribution in [0.3, 0.4) is 0 Å². The summed E-state index contributed by atoms with van der Waals surface area (Å²) >= 11 is 0. The minimum Gasteiger partial charge on any atom is -0.478 e. The first kappa shape index (κ1) is 10.7. The van der Waals surface area contributed by atoms with Crippen molar-refractivity contribution in [3.05, 3.63) is 17.5 Å². The van der Waals surface area contributed by atoms with E-state index in [4.69, 9.17) is 9.94 Å². The second-order valence-electron chi connectivity index (χ2n) is 3.63. The molecule has 86 valence electrons. The van der Waals surface area contributed by atoms with Gasteiger partial charge in [0.25, 0.3) is 0 Å². The molecule has 0 fully saturated rings. The van der Waals surface area contributed by atoms with Crippen molar-refractivity contribution in [2.24, 2.45) is 5.16 Å². The summed E-state index contributed by atoms with van der Waals surface area (Å²) in [7, 11) is 0. The molecule has 1 aliphatic heterocycles. The van der Waals surface area contributed by atoms with E-state index in [0.717, 1.165) is 17.8 Å². The van der Waals surface area contributed by atoms with Gasteiger partial charge in [0.05, 0.1) is 11.9 Å². The fraction of sp³-hybridized carbons (Fsp3) is 0.500. The van der Waals surface area contributed by atoms with Gasteiger partial charge >= 0.3 is 5.97 Å². The first-order chi connectivity index (χ1) is 7.63. The van der Waals surface area contributed by atoms with Crippen molar-refractivity contribution in [2.75, 3.05) is 0 Å². The number of nitrogens with zero attached hydrogens (tertiary/aromatic N) is 3. The number of carboxylic acid groups (broad SMARTS) is 1.